The Labute approximate surface area is 268 Å². The molecule has 0 N–H and O–H groups in total. The molecule has 0 unspecified atom stereocenters. The van der Waals surface area contributed by atoms with Gasteiger partial charge in [0.2, 0.25) is 5.89 Å². The van der Waals surface area contributed by atoms with Crippen LogP contribution in [0, 0.1) is 0 Å². The van der Waals surface area contributed by atoms with Crippen molar-refractivity contribution in [3.8, 4) is 56.7 Å². The van der Waals surface area contributed by atoms with Gasteiger partial charge in [-0.15, -0.1) is 11.3 Å². The van der Waals surface area contributed by atoms with Gasteiger partial charge in [0.25, 0.3) is 0 Å². The summed E-state index contributed by atoms with van der Waals surface area (Å²) in [6.45, 7) is 0. The Kier molecular flexibility index (Phi) is 6.25. The molecule has 9 aromatic rings. The molecule has 0 bridgehead atoms. The maximum absolute atomic E-state index is 6.28. The molecule has 0 amide bonds. The van der Waals surface area contributed by atoms with Gasteiger partial charge in [-0.3, -0.25) is 0 Å². The first-order valence-corrected chi connectivity index (χ1v) is 15.9. The Morgan fingerprint density at radius 2 is 0.978 bits per heavy atom. The number of thiophene rings is 1. The van der Waals surface area contributed by atoms with Crippen molar-refractivity contribution in [3.63, 3.8) is 0 Å². The van der Waals surface area contributed by atoms with E-state index in [9.17, 15) is 0 Å². The molecule has 0 fully saturated rings. The molecule has 6 heteroatoms. The number of fused-ring (bicyclic) bond motifs is 4. The number of oxazole rings is 1. The van der Waals surface area contributed by atoms with Crippen LogP contribution in [0.1, 0.15) is 0 Å². The van der Waals surface area contributed by atoms with Crippen molar-refractivity contribution in [1.29, 1.82) is 0 Å². The van der Waals surface area contributed by atoms with Crippen molar-refractivity contribution in [3.05, 3.63) is 146 Å². The molecule has 6 aromatic carbocycles. The summed E-state index contributed by atoms with van der Waals surface area (Å²) in [5, 5.41) is 2.16. The van der Waals surface area contributed by atoms with Gasteiger partial charge >= 0.3 is 0 Å². The van der Waals surface area contributed by atoms with Gasteiger partial charge in [0.1, 0.15) is 5.52 Å². The van der Waals surface area contributed by atoms with E-state index in [1.165, 1.54) is 0 Å². The first kappa shape index (κ1) is 26.4. The number of benzene rings is 6. The van der Waals surface area contributed by atoms with Crippen molar-refractivity contribution >= 4 is 42.6 Å². The molecule has 0 saturated heterocycles. The number of para-hydroxylation sites is 2. The monoisotopic (exact) mass is 608 g/mol. The highest BCUT2D eigenvalue weighted by atomic mass is 32.1. The van der Waals surface area contributed by atoms with E-state index in [2.05, 4.69) is 84.9 Å². The fourth-order valence-corrected chi connectivity index (χ4v) is 7.19. The van der Waals surface area contributed by atoms with E-state index in [-0.39, 0.29) is 0 Å². The van der Waals surface area contributed by atoms with Crippen molar-refractivity contribution in [2.75, 3.05) is 0 Å². The average Bonchev–Trinajstić information content (AvgIpc) is 3.74. The van der Waals surface area contributed by atoms with E-state index >= 15 is 0 Å². The van der Waals surface area contributed by atoms with Gasteiger partial charge in [-0.05, 0) is 47.5 Å². The zero-order valence-electron chi connectivity index (χ0n) is 24.5. The summed E-state index contributed by atoms with van der Waals surface area (Å²) in [7, 11) is 0. The van der Waals surface area contributed by atoms with Crippen molar-refractivity contribution in [1.82, 2.24) is 19.9 Å². The smallest absolute Gasteiger partial charge is 0.227 e. The van der Waals surface area contributed by atoms with Crippen LogP contribution in [0.4, 0.5) is 0 Å². The Morgan fingerprint density at radius 1 is 0.413 bits per heavy atom. The standard InChI is InChI=1S/C40H24N4OS/c1-3-12-25(13-4-1)27-16-9-17-28(24-27)38-42-37(26-14-5-2-6-15-26)43-39(44-38)29-18-10-22-33-35(29)36-30(19-11-23-34(36)46-33)40-41-31-20-7-8-21-32(31)45-40/h1-24H. The molecule has 0 aliphatic heterocycles. The molecular weight excluding hydrogens is 585 g/mol. The summed E-state index contributed by atoms with van der Waals surface area (Å²) in [6.07, 6.45) is 0. The van der Waals surface area contributed by atoms with E-state index in [4.69, 9.17) is 24.4 Å². The van der Waals surface area contributed by atoms with E-state index in [1.807, 2.05) is 60.7 Å². The van der Waals surface area contributed by atoms with E-state index in [0.29, 0.717) is 23.4 Å². The summed E-state index contributed by atoms with van der Waals surface area (Å²) >= 11 is 1.75. The molecule has 0 aliphatic carbocycles. The number of aromatic nitrogens is 4. The quantitative estimate of drug-likeness (QED) is 0.194. The second-order valence-corrected chi connectivity index (χ2v) is 12.1. The minimum Gasteiger partial charge on any atom is -0.436 e. The van der Waals surface area contributed by atoms with Crippen LogP contribution in [-0.2, 0) is 0 Å². The zero-order valence-corrected chi connectivity index (χ0v) is 25.3. The number of hydrogen-bond donors (Lipinski definition) is 0. The van der Waals surface area contributed by atoms with Gasteiger partial charge < -0.3 is 4.42 Å². The highest BCUT2D eigenvalue weighted by Crippen LogP contribution is 2.44. The minimum absolute atomic E-state index is 0.598. The molecule has 5 nitrogen and oxygen atoms in total. The number of hydrogen-bond acceptors (Lipinski definition) is 6. The summed E-state index contributed by atoms with van der Waals surface area (Å²) in [6, 6.07) is 49.4. The van der Waals surface area contributed by atoms with E-state index in [0.717, 1.165) is 64.7 Å². The van der Waals surface area contributed by atoms with Crippen LogP contribution < -0.4 is 0 Å². The van der Waals surface area contributed by atoms with Gasteiger partial charge in [0.05, 0.1) is 0 Å². The summed E-state index contributed by atoms with van der Waals surface area (Å²) in [5.74, 6) is 2.46. The first-order chi connectivity index (χ1) is 22.8. The highest BCUT2D eigenvalue weighted by molar-refractivity contribution is 7.26. The van der Waals surface area contributed by atoms with Crippen LogP contribution >= 0.6 is 11.3 Å². The summed E-state index contributed by atoms with van der Waals surface area (Å²) in [4.78, 5) is 20.1. The number of nitrogens with zero attached hydrogens (tertiary/aromatic N) is 4. The average molecular weight is 609 g/mol. The molecule has 0 saturated carbocycles. The maximum atomic E-state index is 6.28. The second-order valence-electron chi connectivity index (χ2n) is 11.1. The van der Waals surface area contributed by atoms with Crippen molar-refractivity contribution < 1.29 is 4.42 Å². The summed E-state index contributed by atoms with van der Waals surface area (Å²) in [5.41, 5.74) is 7.59. The Bertz CT molecular complexity index is 2500. The molecule has 9 rings (SSSR count). The maximum Gasteiger partial charge on any atom is 0.227 e. The Balaban J connectivity index is 1.29. The third-order valence-corrected chi connectivity index (χ3v) is 9.30. The molecule has 3 heterocycles. The third-order valence-electron chi connectivity index (χ3n) is 8.18. The fraction of sp³-hybridized carbons (Fsp3) is 0. The SMILES string of the molecule is c1ccc(-c2cccc(-c3nc(-c4ccccc4)nc(-c4cccc5sc6cccc(-c7nc8ccccc8o7)c6c45)n3)c2)cc1. The van der Waals surface area contributed by atoms with Crippen LogP contribution in [0.3, 0.4) is 0 Å². The predicted octanol–water partition coefficient (Wildman–Crippen LogP) is 10.7. The van der Waals surface area contributed by atoms with Crippen LogP contribution in [0.2, 0.25) is 0 Å². The van der Waals surface area contributed by atoms with Crippen molar-refractivity contribution in [2.24, 2.45) is 0 Å². The van der Waals surface area contributed by atoms with Gasteiger partial charge in [0.15, 0.2) is 23.1 Å². The Morgan fingerprint density at radius 3 is 1.74 bits per heavy atom. The van der Waals surface area contributed by atoms with Gasteiger partial charge in [0, 0.05) is 42.4 Å². The number of rotatable bonds is 5. The molecule has 3 aromatic heterocycles. The van der Waals surface area contributed by atoms with Gasteiger partial charge in [-0.2, -0.15) is 0 Å². The molecule has 0 spiro atoms. The lowest BCUT2D eigenvalue weighted by atomic mass is 10.0. The topological polar surface area (TPSA) is 64.7 Å². The molecular formula is C40H24N4OS. The largest absolute Gasteiger partial charge is 0.436 e. The second kappa shape index (κ2) is 10.9. The molecule has 0 aliphatic rings. The Hall–Kier alpha value is -5.98. The normalized spacial score (nSPS) is 11.5. The molecule has 0 radical (unpaired) electrons. The molecule has 0 atom stereocenters. The van der Waals surface area contributed by atoms with E-state index < -0.39 is 0 Å². The van der Waals surface area contributed by atoms with Crippen LogP contribution in [0.15, 0.2) is 150 Å². The third kappa shape index (κ3) is 4.55. The van der Waals surface area contributed by atoms with Crippen LogP contribution in [0.5, 0.6) is 0 Å². The first-order valence-electron chi connectivity index (χ1n) is 15.1. The highest BCUT2D eigenvalue weighted by Gasteiger charge is 2.21. The lowest BCUT2D eigenvalue weighted by molar-refractivity contribution is 0.620. The van der Waals surface area contributed by atoms with Crippen LogP contribution in [0.25, 0.3) is 88.0 Å². The zero-order chi connectivity index (χ0) is 30.5. The summed E-state index contributed by atoms with van der Waals surface area (Å²) < 4.78 is 8.57. The lowest BCUT2D eigenvalue weighted by Crippen LogP contribution is -2.00. The fourth-order valence-electron chi connectivity index (χ4n) is 6.03. The van der Waals surface area contributed by atoms with Crippen molar-refractivity contribution in [2.45, 2.75) is 0 Å². The van der Waals surface area contributed by atoms with Gasteiger partial charge in [-0.25, -0.2) is 19.9 Å². The minimum atomic E-state index is 0.598. The lowest BCUT2D eigenvalue weighted by Gasteiger charge is -2.11. The predicted molar refractivity (Wildman–Crippen MR) is 187 cm³/mol. The van der Waals surface area contributed by atoms with E-state index in [1.54, 1.807) is 11.3 Å². The molecule has 46 heavy (non-hydrogen) atoms. The molecule has 216 valence electrons. The van der Waals surface area contributed by atoms with Crippen LogP contribution in [-0.4, -0.2) is 19.9 Å². The van der Waals surface area contributed by atoms with Gasteiger partial charge in [-0.1, -0.05) is 109 Å².